The number of likely N-dealkylation sites (N-methyl/N-ethyl adjacent to an activating group) is 1. The standard InChI is InChI=1S/C27H32N4O4/c1-19-22(20(2)35-29-19)18-34-25-11-9-21(17-26(25)33-4)10-12-27(32)28-23-7-5-6-8-24(23)31-15-13-30(3)14-16-31/h5-12,17H,13-16,18H2,1-4H3,(H,28,32)/b12-10+. The first-order valence-electron chi connectivity index (χ1n) is 11.7. The van der Waals surface area contributed by atoms with Crippen LogP contribution in [0.3, 0.4) is 0 Å². The van der Waals surface area contributed by atoms with E-state index in [-0.39, 0.29) is 5.91 Å². The molecule has 1 aliphatic heterocycles. The van der Waals surface area contributed by atoms with E-state index in [0.29, 0.717) is 18.1 Å². The quantitative estimate of drug-likeness (QED) is 0.486. The molecular weight excluding hydrogens is 444 g/mol. The number of anilines is 2. The third kappa shape index (κ3) is 6.02. The van der Waals surface area contributed by atoms with Crippen LogP contribution in [0, 0.1) is 13.8 Å². The smallest absolute Gasteiger partial charge is 0.248 e. The highest BCUT2D eigenvalue weighted by Crippen LogP contribution is 2.30. The molecule has 0 saturated carbocycles. The lowest BCUT2D eigenvalue weighted by atomic mass is 10.1. The summed E-state index contributed by atoms with van der Waals surface area (Å²) in [4.78, 5) is 17.3. The lowest BCUT2D eigenvalue weighted by Gasteiger charge is -2.35. The van der Waals surface area contributed by atoms with Crippen LogP contribution in [0.5, 0.6) is 11.5 Å². The van der Waals surface area contributed by atoms with Crippen LogP contribution >= 0.6 is 0 Å². The average molecular weight is 477 g/mol. The number of benzene rings is 2. The van der Waals surface area contributed by atoms with Crippen LogP contribution in [0.4, 0.5) is 11.4 Å². The Kier molecular flexibility index (Phi) is 7.72. The van der Waals surface area contributed by atoms with Gasteiger partial charge in [0.25, 0.3) is 0 Å². The van der Waals surface area contributed by atoms with Crippen molar-refractivity contribution in [1.29, 1.82) is 0 Å². The summed E-state index contributed by atoms with van der Waals surface area (Å²) in [5.41, 5.74) is 4.41. The minimum atomic E-state index is -0.190. The van der Waals surface area contributed by atoms with E-state index in [4.69, 9.17) is 14.0 Å². The van der Waals surface area contributed by atoms with Crippen LogP contribution in [0.1, 0.15) is 22.6 Å². The summed E-state index contributed by atoms with van der Waals surface area (Å²) in [5, 5.41) is 6.98. The fourth-order valence-corrected chi connectivity index (χ4v) is 4.01. The van der Waals surface area contributed by atoms with E-state index >= 15 is 0 Å². The molecule has 0 bridgehead atoms. The normalized spacial score (nSPS) is 14.3. The number of carbonyl (C=O) groups excluding carboxylic acids is 1. The first-order chi connectivity index (χ1) is 16.9. The van der Waals surface area contributed by atoms with Crippen LogP contribution in [0.2, 0.25) is 0 Å². The van der Waals surface area contributed by atoms with Gasteiger partial charge in [0.1, 0.15) is 12.4 Å². The average Bonchev–Trinajstić information content (AvgIpc) is 3.19. The van der Waals surface area contributed by atoms with Crippen molar-refractivity contribution in [2.45, 2.75) is 20.5 Å². The van der Waals surface area contributed by atoms with Crippen molar-refractivity contribution < 1.29 is 18.8 Å². The maximum absolute atomic E-state index is 12.7. The maximum Gasteiger partial charge on any atom is 0.248 e. The van der Waals surface area contributed by atoms with E-state index < -0.39 is 0 Å². The molecule has 184 valence electrons. The number of nitrogens with zero attached hydrogens (tertiary/aromatic N) is 3. The highest BCUT2D eigenvalue weighted by atomic mass is 16.5. The molecule has 0 aliphatic carbocycles. The summed E-state index contributed by atoms with van der Waals surface area (Å²) in [7, 11) is 3.72. The number of ether oxygens (including phenoxy) is 2. The van der Waals surface area contributed by atoms with Crippen LogP contribution in [0.15, 0.2) is 53.1 Å². The molecule has 4 rings (SSSR count). The number of aryl methyl sites for hydroxylation is 2. The van der Waals surface area contributed by atoms with Gasteiger partial charge < -0.3 is 29.1 Å². The zero-order valence-electron chi connectivity index (χ0n) is 20.7. The van der Waals surface area contributed by atoms with Crippen molar-refractivity contribution in [3.8, 4) is 11.5 Å². The maximum atomic E-state index is 12.7. The predicted octanol–water partition coefficient (Wildman–Crippen LogP) is 4.28. The lowest BCUT2D eigenvalue weighted by Crippen LogP contribution is -2.44. The summed E-state index contributed by atoms with van der Waals surface area (Å²) in [5.74, 6) is 1.74. The van der Waals surface area contributed by atoms with Gasteiger partial charge in [-0.15, -0.1) is 0 Å². The molecule has 8 nitrogen and oxygen atoms in total. The Balaban J connectivity index is 1.40. The predicted molar refractivity (Wildman–Crippen MR) is 137 cm³/mol. The molecule has 8 heteroatoms. The van der Waals surface area contributed by atoms with Gasteiger partial charge in [-0.2, -0.15) is 0 Å². The molecule has 1 N–H and O–H groups in total. The number of piperazine rings is 1. The second-order valence-corrected chi connectivity index (χ2v) is 8.63. The molecule has 1 aromatic heterocycles. The minimum Gasteiger partial charge on any atom is -0.493 e. The van der Waals surface area contributed by atoms with Gasteiger partial charge in [0.15, 0.2) is 11.5 Å². The summed E-state index contributed by atoms with van der Waals surface area (Å²) in [6.45, 7) is 7.95. The summed E-state index contributed by atoms with van der Waals surface area (Å²) < 4.78 is 16.6. The number of hydrogen-bond donors (Lipinski definition) is 1. The molecule has 0 unspecified atom stereocenters. The van der Waals surface area contributed by atoms with Gasteiger partial charge in [0.05, 0.1) is 29.7 Å². The van der Waals surface area contributed by atoms with Crippen molar-refractivity contribution >= 4 is 23.4 Å². The summed E-state index contributed by atoms with van der Waals surface area (Å²) in [6, 6.07) is 13.5. The molecule has 0 spiro atoms. The number of aromatic nitrogens is 1. The fourth-order valence-electron chi connectivity index (χ4n) is 4.01. The van der Waals surface area contributed by atoms with E-state index in [9.17, 15) is 4.79 Å². The van der Waals surface area contributed by atoms with Gasteiger partial charge in [0.2, 0.25) is 5.91 Å². The third-order valence-electron chi connectivity index (χ3n) is 6.17. The number of amides is 1. The molecule has 1 saturated heterocycles. The van der Waals surface area contributed by atoms with Gasteiger partial charge >= 0.3 is 0 Å². The van der Waals surface area contributed by atoms with Crippen LogP contribution in [-0.2, 0) is 11.4 Å². The molecule has 1 amide bonds. The number of methoxy groups -OCH3 is 1. The van der Waals surface area contributed by atoms with Crippen LogP contribution in [0.25, 0.3) is 6.08 Å². The fraction of sp³-hybridized carbons (Fsp3) is 0.333. The van der Waals surface area contributed by atoms with E-state index in [1.54, 1.807) is 13.2 Å². The number of nitrogens with one attached hydrogen (secondary N) is 1. The molecule has 3 aromatic rings. The van der Waals surface area contributed by atoms with E-state index in [1.165, 1.54) is 6.08 Å². The Morgan fingerprint density at radius 3 is 2.60 bits per heavy atom. The van der Waals surface area contributed by atoms with E-state index in [2.05, 4.69) is 33.4 Å². The van der Waals surface area contributed by atoms with Crippen molar-refractivity contribution in [2.75, 3.05) is 50.6 Å². The van der Waals surface area contributed by atoms with Crippen molar-refractivity contribution in [1.82, 2.24) is 10.1 Å². The van der Waals surface area contributed by atoms with Crippen LogP contribution < -0.4 is 19.7 Å². The topological polar surface area (TPSA) is 80.1 Å². The van der Waals surface area contributed by atoms with E-state index in [0.717, 1.165) is 60.1 Å². The Bertz CT molecular complexity index is 1180. The Morgan fingerprint density at radius 1 is 1.11 bits per heavy atom. The molecule has 2 heterocycles. The first kappa shape index (κ1) is 24.3. The van der Waals surface area contributed by atoms with E-state index in [1.807, 2.05) is 50.2 Å². The number of para-hydroxylation sites is 2. The molecule has 0 atom stereocenters. The highest BCUT2D eigenvalue weighted by molar-refractivity contribution is 6.03. The molecule has 35 heavy (non-hydrogen) atoms. The SMILES string of the molecule is COc1cc(/C=C/C(=O)Nc2ccccc2N2CCN(C)CC2)ccc1OCc1c(C)noc1C. The lowest BCUT2D eigenvalue weighted by molar-refractivity contribution is -0.111. The minimum absolute atomic E-state index is 0.190. The zero-order valence-corrected chi connectivity index (χ0v) is 20.7. The third-order valence-corrected chi connectivity index (χ3v) is 6.17. The molecule has 1 aliphatic rings. The van der Waals surface area contributed by atoms with Crippen molar-refractivity contribution in [3.05, 3.63) is 71.1 Å². The summed E-state index contributed by atoms with van der Waals surface area (Å²) >= 11 is 0. The molecule has 2 aromatic carbocycles. The number of carbonyl (C=O) groups is 1. The van der Waals surface area contributed by atoms with Crippen molar-refractivity contribution in [2.24, 2.45) is 0 Å². The molecular formula is C27H32N4O4. The monoisotopic (exact) mass is 476 g/mol. The Hall–Kier alpha value is -3.78. The van der Waals surface area contributed by atoms with Gasteiger partial charge in [-0.05, 0) is 56.8 Å². The first-order valence-corrected chi connectivity index (χ1v) is 11.7. The van der Waals surface area contributed by atoms with Gasteiger partial charge in [-0.3, -0.25) is 4.79 Å². The summed E-state index contributed by atoms with van der Waals surface area (Å²) in [6.07, 6.45) is 3.29. The Morgan fingerprint density at radius 2 is 1.89 bits per heavy atom. The highest BCUT2D eigenvalue weighted by Gasteiger charge is 2.17. The second kappa shape index (κ2) is 11.1. The van der Waals surface area contributed by atoms with Gasteiger partial charge in [-0.1, -0.05) is 23.4 Å². The number of hydrogen-bond acceptors (Lipinski definition) is 7. The van der Waals surface area contributed by atoms with Crippen molar-refractivity contribution in [3.63, 3.8) is 0 Å². The second-order valence-electron chi connectivity index (χ2n) is 8.63. The largest absolute Gasteiger partial charge is 0.493 e. The van der Waals surface area contributed by atoms with Crippen LogP contribution in [-0.4, -0.2) is 56.3 Å². The zero-order chi connectivity index (χ0) is 24.8. The molecule has 0 radical (unpaired) electrons. The Labute approximate surface area is 206 Å². The van der Waals surface area contributed by atoms with Gasteiger partial charge in [-0.25, -0.2) is 0 Å². The van der Waals surface area contributed by atoms with Gasteiger partial charge in [0, 0.05) is 32.3 Å². The molecule has 1 fully saturated rings. The number of rotatable bonds is 8.